The van der Waals surface area contributed by atoms with Crippen LogP contribution >= 0.6 is 0 Å². The summed E-state index contributed by atoms with van der Waals surface area (Å²) in [6.07, 6.45) is 8.51. The summed E-state index contributed by atoms with van der Waals surface area (Å²) in [6, 6.07) is 0. The lowest BCUT2D eigenvalue weighted by atomic mass is 10.1. The van der Waals surface area contributed by atoms with Crippen molar-refractivity contribution in [2.24, 2.45) is 0 Å². The second-order valence-electron chi connectivity index (χ2n) is 6.09. The smallest absolute Gasteiger partial charge is 0.0780 e. The van der Waals surface area contributed by atoms with Crippen molar-refractivity contribution in [3.8, 4) is 0 Å². The summed E-state index contributed by atoms with van der Waals surface area (Å²) in [5, 5.41) is 0. The maximum absolute atomic E-state index is 2.28. The standard InChI is InChI=1S/C13H31N2/c1-14(2)12-10-8-6-7-9-11-13-15(3,4)5/h6-13H2,1-5H3/q+1/p+1. The first kappa shape index (κ1) is 14.9. The van der Waals surface area contributed by atoms with E-state index in [0.29, 0.717) is 0 Å². The van der Waals surface area contributed by atoms with Crippen LogP contribution in [0.5, 0.6) is 0 Å². The van der Waals surface area contributed by atoms with Crippen LogP contribution in [0.2, 0.25) is 0 Å². The maximum atomic E-state index is 2.28. The number of nitrogens with zero attached hydrogens (tertiary/aromatic N) is 1. The van der Waals surface area contributed by atoms with E-state index in [2.05, 4.69) is 35.2 Å². The van der Waals surface area contributed by atoms with Gasteiger partial charge in [0.1, 0.15) is 0 Å². The normalized spacial score (nSPS) is 12.4. The van der Waals surface area contributed by atoms with Crippen molar-refractivity contribution >= 4 is 0 Å². The number of rotatable bonds is 9. The number of hydrogen-bond donors (Lipinski definition) is 1. The van der Waals surface area contributed by atoms with E-state index in [1.165, 1.54) is 51.6 Å². The van der Waals surface area contributed by atoms with Gasteiger partial charge in [-0.1, -0.05) is 12.8 Å². The predicted molar refractivity (Wildman–Crippen MR) is 68.3 cm³/mol. The Morgan fingerprint density at radius 2 is 1.20 bits per heavy atom. The topological polar surface area (TPSA) is 4.44 Å². The number of nitrogens with one attached hydrogen (secondary N) is 1. The highest BCUT2D eigenvalue weighted by atomic mass is 15.3. The zero-order chi connectivity index (χ0) is 11.7. The van der Waals surface area contributed by atoms with Gasteiger partial charge in [-0.2, -0.15) is 0 Å². The molecule has 0 aromatic heterocycles. The Balaban J connectivity index is 3.06. The van der Waals surface area contributed by atoms with Crippen LogP contribution in [0.3, 0.4) is 0 Å². The minimum atomic E-state index is 1.12. The molecule has 1 N–H and O–H groups in total. The average molecular weight is 216 g/mol. The molecule has 0 aliphatic rings. The Morgan fingerprint density at radius 1 is 0.733 bits per heavy atom. The molecule has 0 saturated heterocycles. The zero-order valence-corrected chi connectivity index (χ0v) is 11.6. The molecule has 0 saturated carbocycles. The second kappa shape index (κ2) is 8.12. The Morgan fingerprint density at radius 3 is 1.67 bits per heavy atom. The first-order valence-corrected chi connectivity index (χ1v) is 6.51. The lowest BCUT2D eigenvalue weighted by molar-refractivity contribution is -0.870. The molecule has 92 valence electrons. The third-order valence-electron chi connectivity index (χ3n) is 2.76. The highest BCUT2D eigenvalue weighted by Gasteiger charge is 2.04. The molecule has 0 aliphatic heterocycles. The summed E-state index contributed by atoms with van der Waals surface area (Å²) in [5.41, 5.74) is 0. The van der Waals surface area contributed by atoms with Gasteiger partial charge in [0.2, 0.25) is 0 Å². The molecule has 0 aliphatic carbocycles. The van der Waals surface area contributed by atoms with Crippen LogP contribution in [-0.4, -0.2) is 52.8 Å². The molecule has 0 spiro atoms. The van der Waals surface area contributed by atoms with E-state index >= 15 is 0 Å². The maximum Gasteiger partial charge on any atom is 0.0780 e. The van der Waals surface area contributed by atoms with Crippen molar-refractivity contribution in [3.05, 3.63) is 0 Å². The molecular formula is C13H32N2+2. The van der Waals surface area contributed by atoms with Gasteiger partial charge in [-0.15, -0.1) is 0 Å². The van der Waals surface area contributed by atoms with Gasteiger partial charge in [-0.3, -0.25) is 0 Å². The van der Waals surface area contributed by atoms with Crippen LogP contribution in [-0.2, 0) is 0 Å². The Bertz CT molecular complexity index is 136. The largest absolute Gasteiger partial charge is 0.340 e. The van der Waals surface area contributed by atoms with Crippen LogP contribution in [0.1, 0.15) is 38.5 Å². The van der Waals surface area contributed by atoms with E-state index in [4.69, 9.17) is 0 Å². The van der Waals surface area contributed by atoms with E-state index in [9.17, 15) is 0 Å². The van der Waals surface area contributed by atoms with E-state index < -0.39 is 0 Å². The molecular weight excluding hydrogens is 184 g/mol. The minimum Gasteiger partial charge on any atom is -0.340 e. The summed E-state index contributed by atoms with van der Waals surface area (Å²) >= 11 is 0. The molecule has 15 heavy (non-hydrogen) atoms. The van der Waals surface area contributed by atoms with Crippen molar-refractivity contribution in [3.63, 3.8) is 0 Å². The Hall–Kier alpha value is -0.0800. The van der Waals surface area contributed by atoms with Gasteiger partial charge in [0.05, 0.1) is 48.3 Å². The summed E-state index contributed by atoms with van der Waals surface area (Å²) in [6.45, 7) is 2.65. The lowest BCUT2D eigenvalue weighted by Gasteiger charge is -2.23. The van der Waals surface area contributed by atoms with Gasteiger partial charge in [0.15, 0.2) is 0 Å². The molecule has 0 aromatic carbocycles. The average Bonchev–Trinajstić information content (AvgIpc) is 2.07. The fourth-order valence-electron chi connectivity index (χ4n) is 1.77. The molecule has 0 fully saturated rings. The van der Waals surface area contributed by atoms with E-state index in [0.717, 1.165) is 4.48 Å². The van der Waals surface area contributed by atoms with Gasteiger partial charge >= 0.3 is 0 Å². The SMILES string of the molecule is C[NH+](C)CCCCCCCC[N+](C)(C)C. The van der Waals surface area contributed by atoms with Crippen LogP contribution in [0.25, 0.3) is 0 Å². The number of unbranched alkanes of at least 4 members (excludes halogenated alkanes) is 5. The lowest BCUT2D eigenvalue weighted by Crippen LogP contribution is -3.05. The van der Waals surface area contributed by atoms with Crippen LogP contribution in [0, 0.1) is 0 Å². The molecule has 0 rings (SSSR count). The number of quaternary nitrogens is 2. The van der Waals surface area contributed by atoms with E-state index in [1.54, 1.807) is 4.90 Å². The van der Waals surface area contributed by atoms with Crippen molar-refractivity contribution < 1.29 is 9.38 Å². The monoisotopic (exact) mass is 216 g/mol. The van der Waals surface area contributed by atoms with Crippen LogP contribution < -0.4 is 4.90 Å². The van der Waals surface area contributed by atoms with Gasteiger partial charge in [-0.05, 0) is 25.7 Å². The summed E-state index contributed by atoms with van der Waals surface area (Å²) in [4.78, 5) is 1.58. The van der Waals surface area contributed by atoms with E-state index in [-0.39, 0.29) is 0 Å². The van der Waals surface area contributed by atoms with Crippen molar-refractivity contribution in [2.45, 2.75) is 38.5 Å². The predicted octanol–water partition coefficient (Wildman–Crippen LogP) is 1.18. The molecule has 2 heteroatoms. The highest BCUT2D eigenvalue weighted by Crippen LogP contribution is 2.06. The van der Waals surface area contributed by atoms with E-state index in [1.807, 2.05) is 0 Å². The molecule has 0 radical (unpaired) electrons. The van der Waals surface area contributed by atoms with Gasteiger partial charge in [-0.25, -0.2) is 0 Å². The number of hydrogen-bond acceptors (Lipinski definition) is 0. The van der Waals surface area contributed by atoms with Crippen molar-refractivity contribution in [1.82, 2.24) is 0 Å². The van der Waals surface area contributed by atoms with Gasteiger partial charge < -0.3 is 9.38 Å². The third kappa shape index (κ3) is 13.9. The molecule has 0 atom stereocenters. The van der Waals surface area contributed by atoms with Crippen LogP contribution in [0.4, 0.5) is 0 Å². The second-order valence-corrected chi connectivity index (χ2v) is 6.09. The quantitative estimate of drug-likeness (QED) is 0.436. The Labute approximate surface area is 96.8 Å². The van der Waals surface area contributed by atoms with Crippen LogP contribution in [0.15, 0.2) is 0 Å². The first-order valence-electron chi connectivity index (χ1n) is 6.51. The third-order valence-corrected chi connectivity index (χ3v) is 2.76. The molecule has 2 nitrogen and oxygen atoms in total. The molecule has 0 bridgehead atoms. The zero-order valence-electron chi connectivity index (χ0n) is 11.6. The fourth-order valence-corrected chi connectivity index (χ4v) is 1.77. The van der Waals surface area contributed by atoms with Gasteiger partial charge in [0, 0.05) is 0 Å². The fraction of sp³-hybridized carbons (Fsp3) is 1.00. The molecule has 0 amide bonds. The summed E-state index contributed by atoms with van der Waals surface area (Å²) < 4.78 is 1.12. The van der Waals surface area contributed by atoms with Gasteiger partial charge in [0.25, 0.3) is 0 Å². The summed E-state index contributed by atoms with van der Waals surface area (Å²) in [5.74, 6) is 0. The van der Waals surface area contributed by atoms with Crippen molar-refractivity contribution in [1.29, 1.82) is 0 Å². The molecule has 0 heterocycles. The van der Waals surface area contributed by atoms with Crippen molar-refractivity contribution in [2.75, 3.05) is 48.3 Å². The minimum absolute atomic E-state index is 1.12. The summed E-state index contributed by atoms with van der Waals surface area (Å²) in [7, 11) is 11.3. The molecule has 0 aromatic rings. The highest BCUT2D eigenvalue weighted by molar-refractivity contribution is 4.44. The molecule has 0 unspecified atom stereocenters. The first-order chi connectivity index (χ1) is 6.92. The Kier molecular flexibility index (Phi) is 8.07.